The number of ether oxygens (including phenoxy) is 1. The minimum absolute atomic E-state index is 0. The number of nitriles is 1. The van der Waals surface area contributed by atoms with Gasteiger partial charge in [-0.2, -0.15) is 10.4 Å². The Balaban J connectivity index is 0.00000256. The molecule has 1 aliphatic heterocycles. The van der Waals surface area contributed by atoms with Gasteiger partial charge < -0.3 is 10.1 Å². The number of rotatable bonds is 5. The number of Topliss-reactive ketones (excluding diaryl/α,β-unsaturated/α-hetero) is 1. The van der Waals surface area contributed by atoms with Crippen LogP contribution in [0.2, 0.25) is 0 Å². The first kappa shape index (κ1) is 21.7. The monoisotopic (exact) mass is 426 g/mol. The molecule has 30 heavy (non-hydrogen) atoms. The molecule has 0 radical (unpaired) electrons. The first-order valence-electron chi connectivity index (χ1n) is 9.33. The van der Waals surface area contributed by atoms with Crippen molar-refractivity contribution in [3.63, 3.8) is 0 Å². The topological polar surface area (TPSA) is 79.9 Å². The maximum atomic E-state index is 14.5. The van der Waals surface area contributed by atoms with Crippen molar-refractivity contribution in [3.05, 3.63) is 82.9 Å². The van der Waals surface area contributed by atoms with E-state index in [0.717, 1.165) is 17.8 Å². The quantitative estimate of drug-likeness (QED) is 0.632. The van der Waals surface area contributed by atoms with Gasteiger partial charge in [0, 0.05) is 25.7 Å². The number of benzene rings is 2. The summed E-state index contributed by atoms with van der Waals surface area (Å²) in [4.78, 5) is 12.6. The largest absolute Gasteiger partial charge is 0.371 e. The lowest BCUT2D eigenvalue weighted by molar-refractivity contribution is 0.0275. The molecule has 154 valence electrons. The molecule has 3 aromatic rings. The standard InChI is InChI=1S/C22H19FN4O2.ClH/c23-20-9-17(22-13-25-7-8-29-22)4-3-16(20)10-21(28)18-12-26-27(14-18)19-5-1-15(11-24)2-6-19;/h1-6,9,12,14,22,25H,7-8,10,13H2;1H/t22-;/m1./s1. The zero-order chi connectivity index (χ0) is 20.2. The molecule has 4 rings (SSSR count). The maximum absolute atomic E-state index is 14.5. The van der Waals surface area contributed by atoms with Crippen LogP contribution in [0.1, 0.15) is 33.2 Å². The molecule has 8 heteroatoms. The number of ketones is 1. The molecule has 1 atom stereocenters. The zero-order valence-electron chi connectivity index (χ0n) is 16.0. The van der Waals surface area contributed by atoms with E-state index in [1.165, 1.54) is 12.3 Å². The zero-order valence-corrected chi connectivity index (χ0v) is 16.9. The van der Waals surface area contributed by atoms with E-state index in [0.29, 0.717) is 29.8 Å². The highest BCUT2D eigenvalue weighted by Crippen LogP contribution is 2.22. The van der Waals surface area contributed by atoms with Crippen LogP contribution in [0.25, 0.3) is 5.69 Å². The van der Waals surface area contributed by atoms with Gasteiger partial charge in [-0.25, -0.2) is 9.07 Å². The molecule has 0 saturated carbocycles. The van der Waals surface area contributed by atoms with E-state index >= 15 is 0 Å². The van der Waals surface area contributed by atoms with E-state index in [2.05, 4.69) is 16.5 Å². The number of halogens is 2. The molecule has 1 N–H and O–H groups in total. The second-order valence-electron chi connectivity index (χ2n) is 6.85. The van der Waals surface area contributed by atoms with Crippen LogP contribution in [-0.4, -0.2) is 35.3 Å². The van der Waals surface area contributed by atoms with Crippen LogP contribution in [-0.2, 0) is 11.2 Å². The van der Waals surface area contributed by atoms with Crippen LogP contribution in [0.5, 0.6) is 0 Å². The van der Waals surface area contributed by atoms with E-state index in [4.69, 9.17) is 10.00 Å². The van der Waals surface area contributed by atoms with Gasteiger partial charge in [-0.05, 0) is 41.5 Å². The number of hydrogen-bond donors (Lipinski definition) is 1. The van der Waals surface area contributed by atoms with Crippen LogP contribution in [0.4, 0.5) is 4.39 Å². The molecule has 2 aromatic carbocycles. The molecule has 1 saturated heterocycles. The van der Waals surface area contributed by atoms with Crippen LogP contribution < -0.4 is 5.32 Å². The Hall–Kier alpha value is -3.05. The van der Waals surface area contributed by atoms with Crippen molar-refractivity contribution >= 4 is 18.2 Å². The molecule has 1 aromatic heterocycles. The van der Waals surface area contributed by atoms with E-state index in [9.17, 15) is 9.18 Å². The molecule has 2 heterocycles. The highest BCUT2D eigenvalue weighted by molar-refractivity contribution is 5.97. The van der Waals surface area contributed by atoms with Gasteiger partial charge in [0.15, 0.2) is 5.78 Å². The molecule has 0 amide bonds. The summed E-state index contributed by atoms with van der Waals surface area (Å²) >= 11 is 0. The van der Waals surface area contributed by atoms with Gasteiger partial charge in [0.2, 0.25) is 0 Å². The minimum atomic E-state index is -0.412. The predicted molar refractivity (Wildman–Crippen MR) is 112 cm³/mol. The molecule has 0 unspecified atom stereocenters. The molecule has 6 nitrogen and oxygen atoms in total. The number of carbonyl (C=O) groups is 1. The Morgan fingerprint density at radius 3 is 2.77 bits per heavy atom. The van der Waals surface area contributed by atoms with Crippen LogP contribution >= 0.6 is 12.4 Å². The van der Waals surface area contributed by atoms with Crippen LogP contribution in [0.15, 0.2) is 54.9 Å². The maximum Gasteiger partial charge on any atom is 0.170 e. The third-order valence-electron chi connectivity index (χ3n) is 4.89. The number of aromatic nitrogens is 2. The second kappa shape index (κ2) is 9.63. The summed E-state index contributed by atoms with van der Waals surface area (Å²) in [6.45, 7) is 2.03. The summed E-state index contributed by atoms with van der Waals surface area (Å²) in [5.74, 6) is -0.628. The van der Waals surface area contributed by atoms with Crippen molar-refractivity contribution in [2.75, 3.05) is 19.7 Å². The average molecular weight is 427 g/mol. The van der Waals surface area contributed by atoms with Crippen LogP contribution in [0, 0.1) is 17.1 Å². The summed E-state index contributed by atoms with van der Waals surface area (Å²) in [6, 6.07) is 13.8. The lowest BCUT2D eigenvalue weighted by atomic mass is 10.0. The van der Waals surface area contributed by atoms with Crippen molar-refractivity contribution in [3.8, 4) is 11.8 Å². The van der Waals surface area contributed by atoms with Gasteiger partial charge in [0.25, 0.3) is 0 Å². The summed E-state index contributed by atoms with van der Waals surface area (Å²) in [6.07, 6.45) is 2.86. The fourth-order valence-corrected chi connectivity index (χ4v) is 3.26. The number of hydrogen-bond acceptors (Lipinski definition) is 5. The Morgan fingerprint density at radius 2 is 2.10 bits per heavy atom. The number of nitrogens with zero attached hydrogens (tertiary/aromatic N) is 3. The SMILES string of the molecule is Cl.N#Cc1ccc(-n2cc(C(=O)Cc3ccc([C@H]4CNCCO4)cc3F)cn2)cc1. The molecular formula is C22H20ClFN4O2. The predicted octanol–water partition coefficient (Wildman–Crippen LogP) is 3.39. The first-order chi connectivity index (χ1) is 14.1. The van der Waals surface area contributed by atoms with Crippen molar-refractivity contribution in [1.29, 1.82) is 5.26 Å². The Morgan fingerprint density at radius 1 is 1.30 bits per heavy atom. The van der Waals surface area contributed by atoms with Crippen LogP contribution in [0.3, 0.4) is 0 Å². The van der Waals surface area contributed by atoms with Crippen molar-refractivity contribution in [2.45, 2.75) is 12.5 Å². The van der Waals surface area contributed by atoms with E-state index in [1.54, 1.807) is 41.2 Å². The number of carbonyl (C=O) groups excluding carboxylic acids is 1. The fraction of sp³-hybridized carbons (Fsp3) is 0.227. The average Bonchev–Trinajstić information content (AvgIpc) is 3.26. The van der Waals surface area contributed by atoms with Gasteiger partial charge in [-0.3, -0.25) is 4.79 Å². The summed E-state index contributed by atoms with van der Waals surface area (Å²) in [7, 11) is 0. The molecule has 0 aliphatic carbocycles. The lowest BCUT2D eigenvalue weighted by Crippen LogP contribution is -2.33. The van der Waals surface area contributed by atoms with E-state index < -0.39 is 5.82 Å². The Bertz CT molecular complexity index is 1070. The summed E-state index contributed by atoms with van der Waals surface area (Å²) in [5, 5.41) is 16.3. The van der Waals surface area contributed by atoms with Gasteiger partial charge >= 0.3 is 0 Å². The van der Waals surface area contributed by atoms with Gasteiger partial charge in [-0.15, -0.1) is 12.4 Å². The number of morpholine rings is 1. The summed E-state index contributed by atoms with van der Waals surface area (Å²) in [5.41, 5.74) is 2.79. The fourth-order valence-electron chi connectivity index (χ4n) is 3.26. The molecule has 0 spiro atoms. The van der Waals surface area contributed by atoms with E-state index in [-0.39, 0.29) is 30.7 Å². The van der Waals surface area contributed by atoms with E-state index in [1.807, 2.05) is 6.07 Å². The third kappa shape index (κ3) is 4.74. The highest BCUT2D eigenvalue weighted by atomic mass is 35.5. The third-order valence-corrected chi connectivity index (χ3v) is 4.89. The summed E-state index contributed by atoms with van der Waals surface area (Å²) < 4.78 is 21.7. The smallest absolute Gasteiger partial charge is 0.170 e. The molecule has 1 aliphatic rings. The Labute approximate surface area is 179 Å². The molecule has 1 fully saturated rings. The minimum Gasteiger partial charge on any atom is -0.371 e. The Kier molecular flexibility index (Phi) is 6.95. The highest BCUT2D eigenvalue weighted by Gasteiger charge is 2.18. The van der Waals surface area contributed by atoms with Crippen molar-refractivity contribution in [2.24, 2.45) is 0 Å². The van der Waals surface area contributed by atoms with Gasteiger partial charge in [-0.1, -0.05) is 12.1 Å². The second-order valence-corrected chi connectivity index (χ2v) is 6.85. The lowest BCUT2D eigenvalue weighted by Gasteiger charge is -2.24. The van der Waals surface area contributed by atoms with Crippen molar-refractivity contribution < 1.29 is 13.9 Å². The van der Waals surface area contributed by atoms with Gasteiger partial charge in [0.05, 0.1) is 41.8 Å². The number of nitrogens with one attached hydrogen (secondary N) is 1. The normalized spacial score (nSPS) is 15.8. The van der Waals surface area contributed by atoms with Crippen molar-refractivity contribution in [1.82, 2.24) is 15.1 Å². The van der Waals surface area contributed by atoms with Gasteiger partial charge in [0.1, 0.15) is 5.82 Å². The first-order valence-corrected chi connectivity index (χ1v) is 9.33. The molecular weight excluding hydrogens is 407 g/mol. The molecule has 0 bridgehead atoms.